The molecule has 1 heterocycles. The van der Waals surface area contributed by atoms with Gasteiger partial charge in [0.05, 0.1) is 5.56 Å². The lowest BCUT2D eigenvalue weighted by molar-refractivity contribution is 0.0631. The molecule has 0 N–H and O–H groups in total. The van der Waals surface area contributed by atoms with E-state index in [2.05, 4.69) is 0 Å². The molecule has 1 aliphatic heterocycles. The van der Waals surface area contributed by atoms with Crippen molar-refractivity contribution in [1.82, 2.24) is 4.90 Å². The van der Waals surface area contributed by atoms with Crippen LogP contribution in [0.25, 0.3) is 0 Å². The molecule has 0 aromatic heterocycles. The van der Waals surface area contributed by atoms with Gasteiger partial charge in [0, 0.05) is 12.6 Å². The van der Waals surface area contributed by atoms with E-state index in [1.807, 2.05) is 6.92 Å². The van der Waals surface area contributed by atoms with E-state index in [1.54, 1.807) is 23.1 Å². The molecule has 2 rings (SSSR count). The largest absolute Gasteiger partial charge is 0.336 e. The molecule has 3 heteroatoms. The van der Waals surface area contributed by atoms with Gasteiger partial charge in [-0.1, -0.05) is 12.1 Å². The fourth-order valence-corrected chi connectivity index (χ4v) is 2.19. The number of hydrogen-bond acceptors (Lipinski definition) is 1. The van der Waals surface area contributed by atoms with Crippen LogP contribution in [0.4, 0.5) is 4.39 Å². The Bertz CT molecular complexity index is 391. The Kier molecular flexibility index (Phi) is 3.22. The van der Waals surface area contributed by atoms with E-state index in [1.165, 1.54) is 6.07 Å². The Morgan fingerprint density at radius 2 is 2.12 bits per heavy atom. The predicted molar refractivity (Wildman–Crippen MR) is 60.7 cm³/mol. The summed E-state index contributed by atoms with van der Waals surface area (Å²) in [6.07, 6.45) is 3.19. The first-order chi connectivity index (χ1) is 7.70. The number of nitrogens with zero attached hydrogens (tertiary/aromatic N) is 1. The molecule has 16 heavy (non-hydrogen) atoms. The van der Waals surface area contributed by atoms with Crippen LogP contribution < -0.4 is 0 Å². The Morgan fingerprint density at radius 3 is 2.81 bits per heavy atom. The van der Waals surface area contributed by atoms with Crippen molar-refractivity contribution < 1.29 is 9.18 Å². The van der Waals surface area contributed by atoms with Crippen molar-refractivity contribution in [2.45, 2.75) is 32.2 Å². The lowest BCUT2D eigenvalue weighted by atomic mass is 10.0. The predicted octanol–water partition coefficient (Wildman–Crippen LogP) is 2.84. The maximum atomic E-state index is 13.5. The molecule has 1 saturated heterocycles. The summed E-state index contributed by atoms with van der Waals surface area (Å²) in [7, 11) is 0. The average molecular weight is 221 g/mol. The summed E-state index contributed by atoms with van der Waals surface area (Å²) in [5.41, 5.74) is 0.191. The highest BCUT2D eigenvalue weighted by Crippen LogP contribution is 2.20. The molecule has 1 amide bonds. The van der Waals surface area contributed by atoms with Crippen molar-refractivity contribution in [2.75, 3.05) is 6.54 Å². The van der Waals surface area contributed by atoms with Gasteiger partial charge in [-0.05, 0) is 38.3 Å². The fourth-order valence-electron chi connectivity index (χ4n) is 2.19. The number of amides is 1. The van der Waals surface area contributed by atoms with E-state index >= 15 is 0 Å². The molecule has 2 nitrogen and oxygen atoms in total. The normalized spacial score (nSPS) is 20.9. The summed E-state index contributed by atoms with van der Waals surface area (Å²) < 4.78 is 13.5. The molecule has 1 aliphatic rings. The van der Waals surface area contributed by atoms with Crippen molar-refractivity contribution >= 4 is 5.91 Å². The zero-order chi connectivity index (χ0) is 11.5. The molecular formula is C13H16FNO. The number of hydrogen-bond donors (Lipinski definition) is 0. The average Bonchev–Trinajstić information content (AvgIpc) is 2.29. The van der Waals surface area contributed by atoms with Crippen molar-refractivity contribution in [1.29, 1.82) is 0 Å². The smallest absolute Gasteiger partial charge is 0.257 e. The molecule has 1 aromatic rings. The number of halogens is 1. The van der Waals surface area contributed by atoms with Gasteiger partial charge in [-0.2, -0.15) is 0 Å². The molecule has 0 saturated carbocycles. The van der Waals surface area contributed by atoms with Crippen molar-refractivity contribution in [3.8, 4) is 0 Å². The first-order valence-corrected chi connectivity index (χ1v) is 5.75. The molecule has 1 aromatic carbocycles. The third-order valence-corrected chi connectivity index (χ3v) is 3.17. The van der Waals surface area contributed by atoms with Gasteiger partial charge in [-0.3, -0.25) is 4.79 Å². The Labute approximate surface area is 95.1 Å². The Balaban J connectivity index is 2.21. The van der Waals surface area contributed by atoms with Crippen LogP contribution in [0.3, 0.4) is 0 Å². The van der Waals surface area contributed by atoms with Gasteiger partial charge in [-0.15, -0.1) is 0 Å². The summed E-state index contributed by atoms with van der Waals surface area (Å²) in [5.74, 6) is -0.601. The number of rotatable bonds is 1. The van der Waals surface area contributed by atoms with Crippen molar-refractivity contribution in [2.24, 2.45) is 0 Å². The molecule has 0 bridgehead atoms. The Morgan fingerprint density at radius 1 is 1.38 bits per heavy atom. The topological polar surface area (TPSA) is 20.3 Å². The summed E-state index contributed by atoms with van der Waals surface area (Å²) in [6, 6.07) is 6.41. The van der Waals surface area contributed by atoms with E-state index in [0.29, 0.717) is 0 Å². The van der Waals surface area contributed by atoms with E-state index < -0.39 is 5.82 Å². The molecule has 0 aliphatic carbocycles. The standard InChI is InChI=1S/C13H16FNO/c1-10-6-4-5-9-15(10)13(16)11-7-2-3-8-12(11)14/h2-3,7-8,10H,4-6,9H2,1H3/t10-/m0/s1. The maximum Gasteiger partial charge on any atom is 0.257 e. The number of likely N-dealkylation sites (tertiary alicyclic amines) is 1. The minimum absolute atomic E-state index is 0.176. The second-order valence-corrected chi connectivity index (χ2v) is 4.32. The zero-order valence-corrected chi connectivity index (χ0v) is 9.45. The van der Waals surface area contributed by atoms with E-state index in [-0.39, 0.29) is 17.5 Å². The van der Waals surface area contributed by atoms with Crippen LogP contribution in [0.2, 0.25) is 0 Å². The minimum atomic E-state index is -0.426. The van der Waals surface area contributed by atoms with Gasteiger partial charge in [0.15, 0.2) is 0 Å². The van der Waals surface area contributed by atoms with Gasteiger partial charge in [-0.25, -0.2) is 4.39 Å². The molecule has 0 spiro atoms. The maximum absolute atomic E-state index is 13.5. The van der Waals surface area contributed by atoms with Crippen LogP contribution in [0.15, 0.2) is 24.3 Å². The van der Waals surface area contributed by atoms with Crippen LogP contribution in [0, 0.1) is 5.82 Å². The number of carbonyl (C=O) groups is 1. The fraction of sp³-hybridized carbons (Fsp3) is 0.462. The summed E-state index contributed by atoms with van der Waals surface area (Å²) in [5, 5.41) is 0. The van der Waals surface area contributed by atoms with Gasteiger partial charge in [0.25, 0.3) is 5.91 Å². The van der Waals surface area contributed by atoms with Gasteiger partial charge in [0.2, 0.25) is 0 Å². The number of carbonyl (C=O) groups excluding carboxylic acids is 1. The molecule has 86 valence electrons. The van der Waals surface area contributed by atoms with Gasteiger partial charge >= 0.3 is 0 Å². The lowest BCUT2D eigenvalue weighted by Gasteiger charge is -2.33. The quantitative estimate of drug-likeness (QED) is 0.714. The van der Waals surface area contributed by atoms with Gasteiger partial charge < -0.3 is 4.90 Å². The second kappa shape index (κ2) is 4.64. The summed E-state index contributed by atoms with van der Waals surface area (Å²) >= 11 is 0. The number of benzene rings is 1. The van der Waals surface area contributed by atoms with E-state index in [9.17, 15) is 9.18 Å². The van der Waals surface area contributed by atoms with Crippen molar-refractivity contribution in [3.05, 3.63) is 35.6 Å². The third-order valence-electron chi connectivity index (χ3n) is 3.17. The highest BCUT2D eigenvalue weighted by molar-refractivity contribution is 5.94. The second-order valence-electron chi connectivity index (χ2n) is 4.32. The molecule has 0 unspecified atom stereocenters. The summed E-state index contributed by atoms with van der Waals surface area (Å²) in [6.45, 7) is 2.77. The van der Waals surface area contributed by atoms with Crippen LogP contribution in [-0.2, 0) is 0 Å². The van der Waals surface area contributed by atoms with Crippen LogP contribution in [0.1, 0.15) is 36.5 Å². The highest BCUT2D eigenvalue weighted by Gasteiger charge is 2.25. The highest BCUT2D eigenvalue weighted by atomic mass is 19.1. The minimum Gasteiger partial charge on any atom is -0.336 e. The lowest BCUT2D eigenvalue weighted by Crippen LogP contribution is -2.42. The number of piperidine rings is 1. The molecule has 0 radical (unpaired) electrons. The SMILES string of the molecule is C[C@H]1CCCCN1C(=O)c1ccccc1F. The third kappa shape index (κ3) is 2.08. The zero-order valence-electron chi connectivity index (χ0n) is 9.45. The molecule has 1 atom stereocenters. The van der Waals surface area contributed by atoms with E-state index in [0.717, 1.165) is 25.8 Å². The van der Waals surface area contributed by atoms with E-state index in [4.69, 9.17) is 0 Å². The molecular weight excluding hydrogens is 205 g/mol. The Hall–Kier alpha value is -1.38. The monoisotopic (exact) mass is 221 g/mol. The first-order valence-electron chi connectivity index (χ1n) is 5.75. The van der Waals surface area contributed by atoms with Crippen LogP contribution >= 0.6 is 0 Å². The van der Waals surface area contributed by atoms with Crippen LogP contribution in [-0.4, -0.2) is 23.4 Å². The first kappa shape index (κ1) is 11.1. The van der Waals surface area contributed by atoms with Gasteiger partial charge in [0.1, 0.15) is 5.82 Å². The van der Waals surface area contributed by atoms with Crippen molar-refractivity contribution in [3.63, 3.8) is 0 Å². The molecule has 1 fully saturated rings. The van der Waals surface area contributed by atoms with Crippen LogP contribution in [0.5, 0.6) is 0 Å². The summed E-state index contributed by atoms with van der Waals surface area (Å²) in [4.78, 5) is 13.9.